The number of amides is 5. The molecule has 4 aliphatic heterocycles. The number of imide groups is 2. The van der Waals surface area contributed by atoms with Crippen LogP contribution in [0.4, 0.5) is 23.1 Å². The molecule has 0 aliphatic carbocycles. The van der Waals surface area contributed by atoms with E-state index in [0.717, 1.165) is 81.0 Å². The molecule has 0 saturated carbocycles. The van der Waals surface area contributed by atoms with Crippen LogP contribution in [0.2, 0.25) is 5.02 Å². The van der Waals surface area contributed by atoms with Crippen molar-refractivity contribution in [1.82, 2.24) is 35.0 Å². The number of aromatic nitrogens is 3. The number of carbonyl (C=O) groups is 5. The third-order valence-corrected chi connectivity index (χ3v) is 12.0. The number of hydrogen-bond acceptors (Lipinski definition) is 13. The number of ether oxygens (including phenoxy) is 1. The second-order valence-electron chi connectivity index (χ2n) is 15.3. The second kappa shape index (κ2) is 16.7. The zero-order valence-corrected chi connectivity index (χ0v) is 33.6. The Morgan fingerprint density at radius 2 is 1.68 bits per heavy atom. The van der Waals surface area contributed by atoms with Gasteiger partial charge in [0.25, 0.3) is 23.3 Å². The zero-order chi connectivity index (χ0) is 41.4. The molecule has 3 saturated heterocycles. The third kappa shape index (κ3) is 8.16. The number of carbonyl (C=O) groups excluding carboxylic acids is 5. The molecule has 2 aromatic carbocycles. The molecule has 1 unspecified atom stereocenters. The minimum absolute atomic E-state index is 0.0716. The van der Waals surface area contributed by atoms with Crippen LogP contribution in [-0.2, 0) is 21.4 Å². The molecule has 8 rings (SSSR count). The van der Waals surface area contributed by atoms with E-state index in [9.17, 15) is 28.8 Å². The number of rotatable bonds is 11. The summed E-state index contributed by atoms with van der Waals surface area (Å²) in [5.41, 5.74) is 2.53. The fraction of sp³-hybridized carbons (Fsp3) is 0.415. The SMILES string of the molecule is CNC(=O)COc1cc2cc(Nc3nc(N4CCN(CCC5CCN(c6ccc7c(c6)C(=O)N(C6CCC(=O)NC6=O)C7=O)CC5)CC4)ncc3Cl)ccc2n(C)c1=O. The summed E-state index contributed by atoms with van der Waals surface area (Å²) in [6, 6.07) is 11.5. The minimum Gasteiger partial charge on any atom is -0.478 e. The highest BCUT2D eigenvalue weighted by atomic mass is 35.5. The lowest BCUT2D eigenvalue weighted by Gasteiger charge is -2.37. The van der Waals surface area contributed by atoms with E-state index in [0.29, 0.717) is 39.5 Å². The van der Waals surface area contributed by atoms with Gasteiger partial charge in [-0.15, -0.1) is 0 Å². The van der Waals surface area contributed by atoms with Crippen molar-refractivity contribution in [3.63, 3.8) is 0 Å². The molecule has 308 valence electrons. The van der Waals surface area contributed by atoms with Crippen LogP contribution in [-0.4, -0.2) is 119 Å². The second-order valence-corrected chi connectivity index (χ2v) is 15.7. The standard InChI is InChI=1S/C41H45ClN10O7/c1-43-35(54)23-59-33-20-25-19-26(3-6-31(25)48(2)40(33)58)45-36-30(42)22-44-41(47-36)51-17-15-49(16-18-51)12-9-24-10-13-50(14-11-24)27-4-5-28-29(21-27)39(57)52(38(28)56)32-7-8-34(53)46-37(32)55/h3-6,19-22,24,32H,7-18,23H2,1-2H3,(H,43,54)(H,44,45,47)(H,46,53,55). The van der Waals surface area contributed by atoms with Crippen molar-refractivity contribution in [2.24, 2.45) is 13.0 Å². The molecule has 0 radical (unpaired) electrons. The first kappa shape index (κ1) is 39.7. The van der Waals surface area contributed by atoms with Crippen molar-refractivity contribution < 1.29 is 28.7 Å². The Kier molecular flexibility index (Phi) is 11.2. The van der Waals surface area contributed by atoms with Crippen LogP contribution in [0.5, 0.6) is 5.75 Å². The number of nitrogens with one attached hydrogen (secondary N) is 3. The molecule has 4 aliphatic rings. The van der Waals surface area contributed by atoms with Crippen molar-refractivity contribution in [3.05, 3.63) is 75.2 Å². The molecule has 5 amide bonds. The lowest BCUT2D eigenvalue weighted by atomic mass is 9.92. The number of hydrogen-bond donors (Lipinski definition) is 3. The zero-order valence-electron chi connectivity index (χ0n) is 32.8. The normalized spacial score (nSPS) is 19.0. The van der Waals surface area contributed by atoms with Gasteiger partial charge in [0.15, 0.2) is 18.2 Å². The molecule has 18 heteroatoms. The number of fused-ring (bicyclic) bond motifs is 2. The number of benzene rings is 2. The van der Waals surface area contributed by atoms with E-state index >= 15 is 0 Å². The highest BCUT2D eigenvalue weighted by molar-refractivity contribution is 6.33. The van der Waals surface area contributed by atoms with Crippen molar-refractivity contribution in [3.8, 4) is 5.75 Å². The molecule has 2 aromatic heterocycles. The van der Waals surface area contributed by atoms with Gasteiger partial charge in [0, 0.05) is 76.5 Å². The lowest BCUT2D eigenvalue weighted by molar-refractivity contribution is -0.136. The number of piperidine rings is 2. The largest absolute Gasteiger partial charge is 0.478 e. The molecule has 0 spiro atoms. The first-order valence-electron chi connectivity index (χ1n) is 19.8. The van der Waals surface area contributed by atoms with Crippen LogP contribution in [0.3, 0.4) is 0 Å². The first-order chi connectivity index (χ1) is 28.5. The summed E-state index contributed by atoms with van der Waals surface area (Å²) in [7, 11) is 3.15. The van der Waals surface area contributed by atoms with Gasteiger partial charge in [-0.2, -0.15) is 4.98 Å². The maximum Gasteiger partial charge on any atom is 0.293 e. The molecule has 1 atom stereocenters. The van der Waals surface area contributed by atoms with Crippen molar-refractivity contribution >= 4 is 75.2 Å². The number of piperazine rings is 1. The number of nitrogens with zero attached hydrogens (tertiary/aromatic N) is 7. The third-order valence-electron chi connectivity index (χ3n) is 11.7. The summed E-state index contributed by atoms with van der Waals surface area (Å²) in [4.78, 5) is 92.2. The number of aryl methyl sites for hydroxylation is 1. The smallest absolute Gasteiger partial charge is 0.293 e. The minimum atomic E-state index is -0.979. The molecule has 6 heterocycles. The van der Waals surface area contributed by atoms with Gasteiger partial charge in [0.05, 0.1) is 22.8 Å². The van der Waals surface area contributed by atoms with E-state index in [2.05, 4.69) is 35.6 Å². The molecular weight excluding hydrogens is 780 g/mol. The Hall–Kier alpha value is -6.07. The van der Waals surface area contributed by atoms with Crippen LogP contribution in [0, 0.1) is 5.92 Å². The van der Waals surface area contributed by atoms with Crippen LogP contribution >= 0.6 is 11.6 Å². The number of anilines is 4. The highest BCUT2D eigenvalue weighted by Gasteiger charge is 2.45. The molecule has 3 fully saturated rings. The van der Waals surface area contributed by atoms with E-state index in [1.54, 1.807) is 31.4 Å². The lowest BCUT2D eigenvalue weighted by Crippen LogP contribution is -2.54. The van der Waals surface area contributed by atoms with Crippen LogP contribution in [0.15, 0.2) is 53.5 Å². The van der Waals surface area contributed by atoms with E-state index in [1.165, 1.54) is 11.6 Å². The van der Waals surface area contributed by atoms with E-state index in [-0.39, 0.29) is 42.2 Å². The first-order valence-corrected chi connectivity index (χ1v) is 20.2. The van der Waals surface area contributed by atoms with Crippen LogP contribution < -0.4 is 36.0 Å². The summed E-state index contributed by atoms with van der Waals surface area (Å²) in [6.45, 7) is 5.69. The van der Waals surface area contributed by atoms with Crippen LogP contribution in [0.25, 0.3) is 10.9 Å². The van der Waals surface area contributed by atoms with Crippen LogP contribution in [0.1, 0.15) is 52.8 Å². The van der Waals surface area contributed by atoms with E-state index in [4.69, 9.17) is 21.3 Å². The number of likely N-dealkylation sites (N-methyl/N-ethyl adjacent to an activating group) is 1. The quantitative estimate of drug-likeness (QED) is 0.187. The molecule has 59 heavy (non-hydrogen) atoms. The average molecular weight is 825 g/mol. The highest BCUT2D eigenvalue weighted by Crippen LogP contribution is 2.33. The van der Waals surface area contributed by atoms with Gasteiger partial charge in [0.1, 0.15) is 11.1 Å². The summed E-state index contributed by atoms with van der Waals surface area (Å²) < 4.78 is 6.98. The molecule has 0 bridgehead atoms. The predicted molar refractivity (Wildman–Crippen MR) is 220 cm³/mol. The Bertz CT molecular complexity index is 2410. The van der Waals surface area contributed by atoms with Crippen molar-refractivity contribution in [1.29, 1.82) is 0 Å². The Morgan fingerprint density at radius 3 is 2.42 bits per heavy atom. The predicted octanol–water partition coefficient (Wildman–Crippen LogP) is 2.68. The summed E-state index contributed by atoms with van der Waals surface area (Å²) in [5, 5.41) is 9.11. The fourth-order valence-electron chi connectivity index (χ4n) is 8.26. The van der Waals surface area contributed by atoms with Gasteiger partial charge in [-0.05, 0) is 80.6 Å². The maximum atomic E-state index is 13.3. The molecule has 17 nitrogen and oxygen atoms in total. The average Bonchev–Trinajstić information content (AvgIpc) is 3.49. The monoisotopic (exact) mass is 824 g/mol. The summed E-state index contributed by atoms with van der Waals surface area (Å²) in [5.74, 6) is -0.655. The van der Waals surface area contributed by atoms with Gasteiger partial charge >= 0.3 is 0 Å². The summed E-state index contributed by atoms with van der Waals surface area (Å²) >= 11 is 6.55. The Labute approximate surface area is 344 Å². The number of pyridine rings is 1. The van der Waals surface area contributed by atoms with Crippen molar-refractivity contribution in [2.45, 2.75) is 38.1 Å². The maximum absolute atomic E-state index is 13.3. The Balaban J connectivity index is 0.818. The van der Waals surface area contributed by atoms with Gasteiger partial charge in [-0.1, -0.05) is 11.6 Å². The van der Waals surface area contributed by atoms with E-state index < -0.39 is 29.7 Å². The van der Waals surface area contributed by atoms with Gasteiger partial charge in [-0.25, -0.2) is 4.98 Å². The fourth-order valence-corrected chi connectivity index (χ4v) is 8.39. The van der Waals surface area contributed by atoms with Gasteiger partial charge in [-0.3, -0.25) is 43.9 Å². The van der Waals surface area contributed by atoms with E-state index in [1.807, 2.05) is 24.3 Å². The molecular formula is C41H45ClN10O7. The molecule has 3 N–H and O–H groups in total. The van der Waals surface area contributed by atoms with Gasteiger partial charge in [0.2, 0.25) is 17.8 Å². The van der Waals surface area contributed by atoms with Crippen molar-refractivity contribution in [2.75, 3.05) is 74.6 Å². The molecule has 4 aromatic rings. The summed E-state index contributed by atoms with van der Waals surface area (Å²) in [6.07, 6.45) is 4.93. The topological polar surface area (TPSA) is 191 Å². The van der Waals surface area contributed by atoms with Gasteiger partial charge < -0.3 is 29.7 Å². The Morgan fingerprint density at radius 1 is 0.915 bits per heavy atom. The number of halogens is 1.